The van der Waals surface area contributed by atoms with Crippen LogP contribution in [0.2, 0.25) is 0 Å². The lowest BCUT2D eigenvalue weighted by atomic mass is 10.1. The van der Waals surface area contributed by atoms with Gasteiger partial charge in [0.1, 0.15) is 0 Å². The highest BCUT2D eigenvalue weighted by Gasteiger charge is 2.10. The van der Waals surface area contributed by atoms with Gasteiger partial charge in [-0.25, -0.2) is 0 Å². The molecule has 0 bridgehead atoms. The Morgan fingerprint density at radius 1 is 1.36 bits per heavy atom. The third-order valence-electron chi connectivity index (χ3n) is 2.56. The molecule has 1 aromatic heterocycles. The first-order chi connectivity index (χ1) is 6.65. The number of aromatic amines is 1. The van der Waals surface area contributed by atoms with E-state index < -0.39 is 0 Å². The molecule has 1 nitrogen and oxygen atoms in total. The zero-order valence-corrected chi connectivity index (χ0v) is 10.5. The predicted octanol–water partition coefficient (Wildman–Crippen LogP) is 4.29. The maximum atomic E-state index is 5.91. The summed E-state index contributed by atoms with van der Waals surface area (Å²) in [6.45, 7) is 4.14. The van der Waals surface area contributed by atoms with E-state index in [9.17, 15) is 0 Å². The summed E-state index contributed by atoms with van der Waals surface area (Å²) in [5.41, 5.74) is 4.74. The molecule has 2 rings (SSSR count). The summed E-state index contributed by atoms with van der Waals surface area (Å²) in [5, 5.41) is 1.22. The first-order valence-electron chi connectivity index (χ1n) is 4.47. The van der Waals surface area contributed by atoms with Crippen molar-refractivity contribution in [1.29, 1.82) is 0 Å². The van der Waals surface area contributed by atoms with Crippen molar-refractivity contribution in [2.24, 2.45) is 0 Å². The fourth-order valence-corrected chi connectivity index (χ4v) is 2.48. The molecule has 14 heavy (non-hydrogen) atoms. The van der Waals surface area contributed by atoms with Gasteiger partial charge >= 0.3 is 0 Å². The van der Waals surface area contributed by atoms with Gasteiger partial charge in [-0.3, -0.25) is 0 Å². The van der Waals surface area contributed by atoms with Crippen molar-refractivity contribution in [2.75, 3.05) is 0 Å². The molecule has 3 heteroatoms. The Morgan fingerprint density at radius 3 is 2.71 bits per heavy atom. The lowest BCUT2D eigenvalue weighted by Gasteiger charge is -1.99. The standard InChI is InChI=1S/C11H11BrClN/c1-6-3-4-8-9(5-13)7(2)14-11(8)10(6)12/h3-4,14H,5H2,1-2H3. The van der Waals surface area contributed by atoms with Gasteiger partial charge < -0.3 is 4.98 Å². The Balaban J connectivity index is 2.87. The SMILES string of the molecule is Cc1ccc2c(CCl)c(C)[nH]c2c1Br. The second kappa shape index (κ2) is 3.59. The van der Waals surface area contributed by atoms with Gasteiger partial charge in [0, 0.05) is 21.4 Å². The van der Waals surface area contributed by atoms with Crippen molar-refractivity contribution in [3.05, 3.63) is 33.4 Å². The van der Waals surface area contributed by atoms with Crippen LogP contribution in [0.1, 0.15) is 16.8 Å². The molecule has 0 amide bonds. The third kappa shape index (κ3) is 1.37. The van der Waals surface area contributed by atoms with Gasteiger partial charge in [0.05, 0.1) is 5.52 Å². The van der Waals surface area contributed by atoms with Crippen LogP contribution in [0.4, 0.5) is 0 Å². The summed E-state index contributed by atoms with van der Waals surface area (Å²) in [6, 6.07) is 4.23. The van der Waals surface area contributed by atoms with E-state index in [1.54, 1.807) is 0 Å². The number of alkyl halides is 1. The monoisotopic (exact) mass is 271 g/mol. The van der Waals surface area contributed by atoms with Gasteiger partial charge in [0.15, 0.2) is 0 Å². The number of aryl methyl sites for hydroxylation is 2. The Hall–Kier alpha value is -0.470. The van der Waals surface area contributed by atoms with E-state index in [-0.39, 0.29) is 0 Å². The molecule has 1 aromatic carbocycles. The molecule has 0 saturated heterocycles. The average molecular weight is 273 g/mol. The lowest BCUT2D eigenvalue weighted by Crippen LogP contribution is -1.79. The number of rotatable bonds is 1. The Labute approximate surface area is 96.6 Å². The summed E-state index contributed by atoms with van der Waals surface area (Å²) in [7, 11) is 0. The van der Waals surface area contributed by atoms with E-state index in [4.69, 9.17) is 11.6 Å². The zero-order valence-electron chi connectivity index (χ0n) is 8.12. The highest BCUT2D eigenvalue weighted by Crippen LogP contribution is 2.31. The minimum Gasteiger partial charge on any atom is -0.357 e. The van der Waals surface area contributed by atoms with Crippen LogP contribution in [-0.4, -0.2) is 4.98 Å². The second-order valence-corrected chi connectivity index (χ2v) is 4.54. The lowest BCUT2D eigenvalue weighted by molar-refractivity contribution is 1.23. The fraction of sp³-hybridized carbons (Fsp3) is 0.273. The number of halogens is 2. The summed E-state index contributed by atoms with van der Waals surface area (Å²) in [4.78, 5) is 3.36. The summed E-state index contributed by atoms with van der Waals surface area (Å²) in [6.07, 6.45) is 0. The summed E-state index contributed by atoms with van der Waals surface area (Å²) in [5.74, 6) is 0.557. The molecule has 0 unspecified atom stereocenters. The Bertz CT molecular complexity index is 487. The van der Waals surface area contributed by atoms with Gasteiger partial charge in [-0.1, -0.05) is 12.1 Å². The van der Waals surface area contributed by atoms with Gasteiger partial charge in [0.25, 0.3) is 0 Å². The normalized spacial score (nSPS) is 11.1. The number of hydrogen-bond donors (Lipinski definition) is 1. The number of aromatic nitrogens is 1. The fourth-order valence-electron chi connectivity index (χ4n) is 1.69. The Kier molecular flexibility index (Phi) is 2.58. The number of nitrogens with one attached hydrogen (secondary N) is 1. The number of benzene rings is 1. The van der Waals surface area contributed by atoms with Gasteiger partial charge in [-0.2, -0.15) is 0 Å². The number of fused-ring (bicyclic) bond motifs is 1. The van der Waals surface area contributed by atoms with Crippen molar-refractivity contribution in [3.63, 3.8) is 0 Å². The van der Waals surface area contributed by atoms with E-state index in [1.807, 2.05) is 0 Å². The van der Waals surface area contributed by atoms with Crippen molar-refractivity contribution in [1.82, 2.24) is 4.98 Å². The van der Waals surface area contributed by atoms with Gasteiger partial charge in [-0.15, -0.1) is 11.6 Å². The number of hydrogen-bond acceptors (Lipinski definition) is 0. The van der Waals surface area contributed by atoms with E-state index in [0.29, 0.717) is 5.88 Å². The van der Waals surface area contributed by atoms with Crippen LogP contribution >= 0.6 is 27.5 Å². The van der Waals surface area contributed by atoms with Crippen LogP contribution in [0.25, 0.3) is 10.9 Å². The highest BCUT2D eigenvalue weighted by molar-refractivity contribution is 9.10. The molecule has 1 N–H and O–H groups in total. The van der Waals surface area contributed by atoms with Crippen molar-refractivity contribution >= 4 is 38.4 Å². The maximum absolute atomic E-state index is 5.91. The van der Waals surface area contributed by atoms with Crippen LogP contribution in [0.5, 0.6) is 0 Å². The highest BCUT2D eigenvalue weighted by atomic mass is 79.9. The molecule has 2 aromatic rings. The van der Waals surface area contributed by atoms with Crippen LogP contribution in [0.15, 0.2) is 16.6 Å². The van der Waals surface area contributed by atoms with Crippen LogP contribution in [-0.2, 0) is 5.88 Å². The van der Waals surface area contributed by atoms with Crippen molar-refractivity contribution in [3.8, 4) is 0 Å². The zero-order chi connectivity index (χ0) is 10.3. The molecular formula is C11H11BrClN. The van der Waals surface area contributed by atoms with Crippen molar-refractivity contribution < 1.29 is 0 Å². The second-order valence-electron chi connectivity index (χ2n) is 3.48. The molecule has 0 aliphatic rings. The molecular weight excluding hydrogens is 261 g/mol. The molecule has 0 spiro atoms. The molecule has 0 fully saturated rings. The molecule has 74 valence electrons. The average Bonchev–Trinajstić information content (AvgIpc) is 2.49. The maximum Gasteiger partial charge on any atom is 0.0606 e. The van der Waals surface area contributed by atoms with Crippen molar-refractivity contribution in [2.45, 2.75) is 19.7 Å². The smallest absolute Gasteiger partial charge is 0.0606 e. The van der Waals surface area contributed by atoms with E-state index in [2.05, 4.69) is 46.9 Å². The van der Waals surface area contributed by atoms with Crippen LogP contribution in [0, 0.1) is 13.8 Å². The van der Waals surface area contributed by atoms with Gasteiger partial charge in [0.2, 0.25) is 0 Å². The Morgan fingerprint density at radius 2 is 2.07 bits per heavy atom. The summed E-state index contributed by atoms with van der Waals surface area (Å²) < 4.78 is 1.13. The summed E-state index contributed by atoms with van der Waals surface area (Å²) >= 11 is 9.49. The quantitative estimate of drug-likeness (QED) is 0.746. The number of H-pyrrole nitrogens is 1. The minimum absolute atomic E-state index is 0.557. The predicted molar refractivity (Wildman–Crippen MR) is 65.0 cm³/mol. The largest absolute Gasteiger partial charge is 0.357 e. The molecule has 0 radical (unpaired) electrons. The molecule has 0 aliphatic heterocycles. The minimum atomic E-state index is 0.557. The van der Waals surface area contributed by atoms with Crippen LogP contribution < -0.4 is 0 Å². The molecule has 0 atom stereocenters. The first kappa shape index (κ1) is 10.1. The van der Waals surface area contributed by atoms with E-state index in [1.165, 1.54) is 16.5 Å². The van der Waals surface area contributed by atoms with Crippen LogP contribution in [0.3, 0.4) is 0 Å². The first-order valence-corrected chi connectivity index (χ1v) is 5.80. The van der Waals surface area contributed by atoms with E-state index in [0.717, 1.165) is 15.7 Å². The van der Waals surface area contributed by atoms with Gasteiger partial charge in [-0.05, 0) is 40.9 Å². The molecule has 0 saturated carbocycles. The molecule has 1 heterocycles. The third-order valence-corrected chi connectivity index (χ3v) is 3.85. The molecule has 0 aliphatic carbocycles. The van der Waals surface area contributed by atoms with E-state index >= 15 is 0 Å². The topological polar surface area (TPSA) is 15.8 Å².